The van der Waals surface area contributed by atoms with Gasteiger partial charge in [0, 0.05) is 36.4 Å². The molecule has 3 aromatic rings. The average Bonchev–Trinajstić information content (AvgIpc) is 3.51. The zero-order valence-corrected chi connectivity index (χ0v) is 28.1. The predicted molar refractivity (Wildman–Crippen MR) is 177 cm³/mol. The molecule has 0 aliphatic heterocycles. The molecular formula is C32H41N7O8S. The van der Waals surface area contributed by atoms with Crippen molar-refractivity contribution in [2.75, 3.05) is 31.6 Å². The molecule has 2 heterocycles. The summed E-state index contributed by atoms with van der Waals surface area (Å²) in [5.74, 6) is -1.05. The number of para-hydroxylation sites is 1. The van der Waals surface area contributed by atoms with Crippen molar-refractivity contribution in [1.82, 2.24) is 31.2 Å². The fraction of sp³-hybridized carbons (Fsp3) is 0.406. The number of urea groups is 1. The van der Waals surface area contributed by atoms with Gasteiger partial charge >= 0.3 is 18.1 Å². The number of anilines is 1. The molecule has 0 aliphatic carbocycles. The van der Waals surface area contributed by atoms with Gasteiger partial charge in [0.2, 0.25) is 5.91 Å². The van der Waals surface area contributed by atoms with Crippen LogP contribution < -0.4 is 31.3 Å². The highest BCUT2D eigenvalue weighted by Gasteiger charge is 2.21. The predicted octanol–water partition coefficient (Wildman–Crippen LogP) is 3.69. The number of amides is 5. The second-order valence-electron chi connectivity index (χ2n) is 11.2. The van der Waals surface area contributed by atoms with Crippen molar-refractivity contribution in [3.05, 3.63) is 71.0 Å². The third-order valence-corrected chi connectivity index (χ3v) is 6.88. The molecule has 0 aliphatic rings. The van der Waals surface area contributed by atoms with E-state index in [9.17, 15) is 24.0 Å². The van der Waals surface area contributed by atoms with Crippen LogP contribution in [0.25, 0.3) is 0 Å². The molecule has 48 heavy (non-hydrogen) atoms. The number of ether oxygens (including phenoxy) is 3. The van der Waals surface area contributed by atoms with Crippen LogP contribution in [-0.2, 0) is 25.6 Å². The van der Waals surface area contributed by atoms with Gasteiger partial charge < -0.3 is 35.5 Å². The van der Waals surface area contributed by atoms with Crippen molar-refractivity contribution in [2.45, 2.75) is 58.7 Å². The van der Waals surface area contributed by atoms with Gasteiger partial charge in [-0.2, -0.15) is 0 Å². The lowest BCUT2D eigenvalue weighted by Crippen LogP contribution is -2.39. The van der Waals surface area contributed by atoms with Crippen molar-refractivity contribution in [2.24, 2.45) is 0 Å². The molecule has 1 atom stereocenters. The van der Waals surface area contributed by atoms with Gasteiger partial charge in [0.05, 0.1) is 32.2 Å². The number of nitrogens with zero attached hydrogens (tertiary/aromatic N) is 2. The molecule has 0 saturated heterocycles. The standard InChI is InChI=1S/C32H41N7O8S/c1-5-45-27(41)16-23(21-11-8-13-33-17-21)37-26(40)19-35-28(42)24-20-48-30(38-24)39-29(43)36-18-22-10-6-7-12-25(22)46-15-9-14-34-31(44)47-32(2,3)4/h6-8,10-13,17,20,23H,5,9,14-16,18-19H2,1-4H3,(H,34,44)(H,35,42)(H,37,40)(H2,36,38,39,43). The Morgan fingerprint density at radius 1 is 1.00 bits per heavy atom. The van der Waals surface area contributed by atoms with Crippen molar-refractivity contribution in [3.8, 4) is 5.75 Å². The highest BCUT2D eigenvalue weighted by atomic mass is 32.1. The van der Waals surface area contributed by atoms with Gasteiger partial charge in [-0.1, -0.05) is 24.3 Å². The van der Waals surface area contributed by atoms with Crippen molar-refractivity contribution in [1.29, 1.82) is 0 Å². The van der Waals surface area contributed by atoms with Gasteiger partial charge in [0.25, 0.3) is 5.91 Å². The Labute approximate surface area is 282 Å². The second-order valence-corrected chi connectivity index (χ2v) is 12.0. The summed E-state index contributed by atoms with van der Waals surface area (Å²) in [4.78, 5) is 69.8. The van der Waals surface area contributed by atoms with E-state index in [-0.39, 0.29) is 36.9 Å². The van der Waals surface area contributed by atoms with E-state index in [1.165, 1.54) is 11.6 Å². The van der Waals surface area contributed by atoms with Crippen molar-refractivity contribution >= 4 is 46.4 Å². The van der Waals surface area contributed by atoms with Crippen LogP contribution in [0.15, 0.2) is 54.2 Å². The first-order chi connectivity index (χ1) is 22.9. The van der Waals surface area contributed by atoms with Crippen LogP contribution in [0.2, 0.25) is 0 Å². The highest BCUT2D eigenvalue weighted by molar-refractivity contribution is 7.14. The minimum atomic E-state index is -0.692. The van der Waals surface area contributed by atoms with Crippen LogP contribution in [0.3, 0.4) is 0 Å². The Morgan fingerprint density at radius 2 is 1.79 bits per heavy atom. The number of rotatable bonds is 16. The van der Waals surface area contributed by atoms with E-state index >= 15 is 0 Å². The maximum atomic E-state index is 12.6. The lowest BCUT2D eigenvalue weighted by Gasteiger charge is -2.19. The van der Waals surface area contributed by atoms with E-state index in [4.69, 9.17) is 14.2 Å². The van der Waals surface area contributed by atoms with Crippen molar-refractivity contribution < 1.29 is 38.2 Å². The Bertz CT molecular complexity index is 1530. The number of nitrogens with one attached hydrogen (secondary N) is 5. The summed E-state index contributed by atoms with van der Waals surface area (Å²) >= 11 is 1.04. The minimum Gasteiger partial charge on any atom is -0.493 e. The summed E-state index contributed by atoms with van der Waals surface area (Å²) in [6.45, 7) is 7.76. The number of carbonyl (C=O) groups excluding carboxylic acids is 5. The van der Waals surface area contributed by atoms with Crippen LogP contribution in [0.5, 0.6) is 5.75 Å². The van der Waals surface area contributed by atoms with Crippen LogP contribution in [0.4, 0.5) is 14.7 Å². The number of carbonyl (C=O) groups is 5. The lowest BCUT2D eigenvalue weighted by molar-refractivity contribution is -0.143. The zero-order chi connectivity index (χ0) is 34.9. The molecular weight excluding hydrogens is 642 g/mol. The van der Waals surface area contributed by atoms with Crippen LogP contribution in [0, 0.1) is 0 Å². The summed E-state index contributed by atoms with van der Waals surface area (Å²) in [5.41, 5.74) is 0.784. The van der Waals surface area contributed by atoms with Gasteiger partial charge in [0.1, 0.15) is 17.0 Å². The maximum absolute atomic E-state index is 12.6. The lowest BCUT2D eigenvalue weighted by atomic mass is 10.1. The maximum Gasteiger partial charge on any atom is 0.407 e. The molecule has 1 aromatic carbocycles. The quantitative estimate of drug-likeness (QED) is 0.110. The molecule has 2 aromatic heterocycles. The SMILES string of the molecule is CCOC(=O)CC(NC(=O)CNC(=O)c1csc(NC(=O)NCc2ccccc2OCCCNC(=O)OC(C)(C)C)n1)c1cccnc1. The van der Waals surface area contributed by atoms with E-state index in [0.29, 0.717) is 30.9 Å². The zero-order valence-electron chi connectivity index (χ0n) is 27.3. The molecule has 0 spiro atoms. The fourth-order valence-corrected chi connectivity index (χ4v) is 4.70. The summed E-state index contributed by atoms with van der Waals surface area (Å²) in [5, 5.41) is 14.8. The molecule has 258 valence electrons. The fourth-order valence-electron chi connectivity index (χ4n) is 4.02. The Hall–Kier alpha value is -5.25. The van der Waals surface area contributed by atoms with Gasteiger partial charge in [0.15, 0.2) is 5.13 Å². The number of alkyl carbamates (subject to hydrolysis) is 1. The number of hydrogen-bond acceptors (Lipinski definition) is 11. The van der Waals surface area contributed by atoms with Crippen LogP contribution in [0.1, 0.15) is 68.2 Å². The van der Waals surface area contributed by atoms with Crippen LogP contribution >= 0.6 is 11.3 Å². The summed E-state index contributed by atoms with van der Waals surface area (Å²) in [7, 11) is 0. The number of thiazole rings is 1. The van der Waals surface area contributed by atoms with Crippen molar-refractivity contribution in [3.63, 3.8) is 0 Å². The summed E-state index contributed by atoms with van der Waals surface area (Å²) in [6.07, 6.45) is 3.06. The Morgan fingerprint density at radius 3 is 2.52 bits per heavy atom. The molecule has 0 saturated carbocycles. The second kappa shape index (κ2) is 18.8. The van der Waals surface area contributed by atoms with E-state index in [0.717, 1.165) is 16.9 Å². The number of benzene rings is 1. The normalized spacial score (nSPS) is 11.4. The molecule has 1 unspecified atom stereocenters. The van der Waals surface area contributed by atoms with E-state index in [2.05, 4.69) is 36.6 Å². The first kappa shape index (κ1) is 37.2. The Balaban J connectivity index is 1.42. The highest BCUT2D eigenvalue weighted by Crippen LogP contribution is 2.19. The molecule has 0 bridgehead atoms. The van der Waals surface area contributed by atoms with E-state index in [1.54, 1.807) is 52.1 Å². The number of hydrogen-bond donors (Lipinski definition) is 5. The van der Waals surface area contributed by atoms with Gasteiger partial charge in [-0.3, -0.25) is 24.7 Å². The first-order valence-electron chi connectivity index (χ1n) is 15.2. The smallest absolute Gasteiger partial charge is 0.407 e. The molecule has 3 rings (SSSR count). The van der Waals surface area contributed by atoms with Gasteiger partial charge in [-0.05, 0) is 51.8 Å². The van der Waals surface area contributed by atoms with E-state index < -0.39 is 41.6 Å². The van der Waals surface area contributed by atoms with Crippen LogP contribution in [-0.4, -0.2) is 71.8 Å². The monoisotopic (exact) mass is 683 g/mol. The molecule has 5 amide bonds. The molecule has 15 nitrogen and oxygen atoms in total. The summed E-state index contributed by atoms with van der Waals surface area (Å²) < 4.78 is 16.0. The molecule has 0 fully saturated rings. The minimum absolute atomic E-state index is 0.0123. The average molecular weight is 684 g/mol. The largest absolute Gasteiger partial charge is 0.493 e. The molecule has 16 heteroatoms. The van der Waals surface area contributed by atoms with Gasteiger partial charge in [-0.25, -0.2) is 14.6 Å². The topological polar surface area (TPSA) is 199 Å². The number of pyridine rings is 1. The van der Waals surface area contributed by atoms with E-state index in [1.807, 2.05) is 18.2 Å². The third-order valence-electron chi connectivity index (χ3n) is 6.12. The first-order valence-corrected chi connectivity index (χ1v) is 16.1. The van der Waals surface area contributed by atoms with Gasteiger partial charge in [-0.15, -0.1) is 11.3 Å². The Kier molecular flexibility index (Phi) is 14.6. The number of esters is 1. The number of aromatic nitrogens is 2. The third kappa shape index (κ3) is 13.6. The summed E-state index contributed by atoms with van der Waals surface area (Å²) in [6, 6.07) is 9.39. The molecule has 0 radical (unpaired) electrons. The molecule has 5 N–H and O–H groups in total.